The molecule has 1 heterocycles. The summed E-state index contributed by atoms with van der Waals surface area (Å²) in [6.45, 7) is 0. The predicted molar refractivity (Wildman–Crippen MR) is 68.2 cm³/mol. The predicted octanol–water partition coefficient (Wildman–Crippen LogP) is 0.595. The number of hydrogen-bond acceptors (Lipinski definition) is 6. The van der Waals surface area contributed by atoms with E-state index in [1.54, 1.807) is 36.5 Å². The van der Waals surface area contributed by atoms with Crippen molar-refractivity contribution in [1.29, 1.82) is 0 Å². The highest BCUT2D eigenvalue weighted by molar-refractivity contribution is 5.89. The average Bonchev–Trinajstić information content (AvgIpc) is 2.98. The molecule has 0 aliphatic carbocycles. The number of imidazole rings is 1. The molecular formula is C13H13N3O4. The molecule has 104 valence electrons. The standard InChI is InChI=1S/C13H13N3O4/c14-11(6-10-7-15-8-16-10)13(18)20-19-12(17)9-4-2-1-3-5-9/h1-5,7-8,11H,6,14H2,(H,15,16). The Bertz CT molecular complexity index is 569. The molecule has 1 atom stereocenters. The number of rotatable bonds is 4. The van der Waals surface area contributed by atoms with Crippen LogP contribution in [0, 0.1) is 0 Å². The summed E-state index contributed by atoms with van der Waals surface area (Å²) in [6, 6.07) is 7.23. The second kappa shape index (κ2) is 6.48. The molecule has 7 nitrogen and oxygen atoms in total. The Balaban J connectivity index is 1.81. The van der Waals surface area contributed by atoms with Gasteiger partial charge in [-0.2, -0.15) is 0 Å². The minimum absolute atomic E-state index is 0.210. The Morgan fingerprint density at radius 2 is 2.00 bits per heavy atom. The molecule has 0 aliphatic rings. The van der Waals surface area contributed by atoms with Crippen molar-refractivity contribution in [3.63, 3.8) is 0 Å². The molecule has 2 rings (SSSR count). The van der Waals surface area contributed by atoms with Crippen LogP contribution in [0.2, 0.25) is 0 Å². The van der Waals surface area contributed by atoms with Crippen LogP contribution in [-0.4, -0.2) is 27.9 Å². The molecular weight excluding hydrogens is 262 g/mol. The third kappa shape index (κ3) is 3.66. The van der Waals surface area contributed by atoms with E-state index in [9.17, 15) is 9.59 Å². The van der Waals surface area contributed by atoms with Crippen LogP contribution in [0.4, 0.5) is 0 Å². The Morgan fingerprint density at radius 1 is 1.25 bits per heavy atom. The first-order valence-corrected chi connectivity index (χ1v) is 5.87. The lowest BCUT2D eigenvalue weighted by atomic mass is 10.2. The van der Waals surface area contributed by atoms with Gasteiger partial charge in [0.15, 0.2) is 0 Å². The first-order chi connectivity index (χ1) is 9.66. The number of hydrogen-bond donors (Lipinski definition) is 2. The van der Waals surface area contributed by atoms with Gasteiger partial charge >= 0.3 is 11.9 Å². The van der Waals surface area contributed by atoms with Crippen LogP contribution in [0.3, 0.4) is 0 Å². The lowest BCUT2D eigenvalue weighted by Gasteiger charge is -2.08. The number of carbonyl (C=O) groups excluding carboxylic acids is 2. The van der Waals surface area contributed by atoms with Crippen LogP contribution in [0.15, 0.2) is 42.9 Å². The maximum atomic E-state index is 11.5. The summed E-state index contributed by atoms with van der Waals surface area (Å²) in [5, 5.41) is 0. The minimum atomic E-state index is -0.945. The number of aromatic nitrogens is 2. The summed E-state index contributed by atoms with van der Waals surface area (Å²) >= 11 is 0. The van der Waals surface area contributed by atoms with E-state index in [0.717, 1.165) is 0 Å². The molecule has 0 amide bonds. The minimum Gasteiger partial charge on any atom is -0.348 e. The molecule has 0 aliphatic heterocycles. The van der Waals surface area contributed by atoms with E-state index in [2.05, 4.69) is 19.7 Å². The normalized spacial score (nSPS) is 11.7. The fraction of sp³-hybridized carbons (Fsp3) is 0.154. The fourth-order valence-corrected chi connectivity index (χ4v) is 1.48. The maximum Gasteiger partial charge on any atom is 0.386 e. The van der Waals surface area contributed by atoms with Gasteiger partial charge in [0.25, 0.3) is 0 Å². The molecule has 20 heavy (non-hydrogen) atoms. The molecule has 3 N–H and O–H groups in total. The summed E-state index contributed by atoms with van der Waals surface area (Å²) in [5.41, 5.74) is 6.58. The smallest absolute Gasteiger partial charge is 0.348 e. The van der Waals surface area contributed by atoms with Crippen molar-refractivity contribution in [2.24, 2.45) is 5.73 Å². The van der Waals surface area contributed by atoms with Gasteiger partial charge in [0.2, 0.25) is 0 Å². The molecule has 0 saturated heterocycles. The van der Waals surface area contributed by atoms with Crippen molar-refractivity contribution in [1.82, 2.24) is 9.97 Å². The van der Waals surface area contributed by atoms with Crippen molar-refractivity contribution in [2.45, 2.75) is 12.5 Å². The van der Waals surface area contributed by atoms with Gasteiger partial charge in [-0.25, -0.2) is 24.3 Å². The van der Waals surface area contributed by atoms with Crippen molar-refractivity contribution in [2.75, 3.05) is 0 Å². The largest absolute Gasteiger partial charge is 0.386 e. The van der Waals surface area contributed by atoms with Gasteiger partial charge < -0.3 is 10.7 Å². The number of aromatic amines is 1. The maximum absolute atomic E-state index is 11.5. The van der Waals surface area contributed by atoms with Crippen LogP contribution in [-0.2, 0) is 21.0 Å². The van der Waals surface area contributed by atoms with Gasteiger partial charge in [0.05, 0.1) is 11.9 Å². The Morgan fingerprint density at radius 3 is 2.65 bits per heavy atom. The van der Waals surface area contributed by atoms with Gasteiger partial charge in [-0.1, -0.05) is 18.2 Å². The Hall–Kier alpha value is -2.67. The molecule has 0 saturated carbocycles. The summed E-state index contributed by atoms with van der Waals surface area (Å²) in [5.74, 6) is -1.59. The van der Waals surface area contributed by atoms with Gasteiger partial charge in [0, 0.05) is 18.3 Å². The van der Waals surface area contributed by atoms with Gasteiger partial charge in [-0.05, 0) is 12.1 Å². The van der Waals surface area contributed by atoms with Crippen LogP contribution in [0.1, 0.15) is 16.1 Å². The number of carbonyl (C=O) groups is 2. The van der Waals surface area contributed by atoms with Crippen molar-refractivity contribution >= 4 is 11.9 Å². The van der Waals surface area contributed by atoms with E-state index < -0.39 is 18.0 Å². The number of nitrogens with two attached hydrogens (primary N) is 1. The number of benzene rings is 1. The van der Waals surface area contributed by atoms with E-state index in [0.29, 0.717) is 5.69 Å². The van der Waals surface area contributed by atoms with Gasteiger partial charge in [0.1, 0.15) is 6.04 Å². The molecule has 1 unspecified atom stereocenters. The summed E-state index contributed by atoms with van der Waals surface area (Å²) in [7, 11) is 0. The molecule has 2 aromatic rings. The quantitative estimate of drug-likeness (QED) is 0.624. The Labute approximate surface area is 114 Å². The van der Waals surface area contributed by atoms with Crippen molar-refractivity contribution in [3.8, 4) is 0 Å². The molecule has 0 radical (unpaired) electrons. The van der Waals surface area contributed by atoms with Crippen molar-refractivity contribution < 1.29 is 19.4 Å². The van der Waals surface area contributed by atoms with E-state index >= 15 is 0 Å². The zero-order valence-corrected chi connectivity index (χ0v) is 10.5. The third-order valence-corrected chi connectivity index (χ3v) is 2.51. The fourth-order valence-electron chi connectivity index (χ4n) is 1.48. The van der Waals surface area contributed by atoms with Crippen LogP contribution in [0.25, 0.3) is 0 Å². The van der Waals surface area contributed by atoms with E-state index in [4.69, 9.17) is 5.73 Å². The molecule has 1 aromatic heterocycles. The molecule has 0 fully saturated rings. The molecule has 1 aromatic carbocycles. The number of H-pyrrole nitrogens is 1. The highest BCUT2D eigenvalue weighted by Gasteiger charge is 2.20. The molecule has 0 bridgehead atoms. The Kier molecular flexibility index (Phi) is 4.46. The van der Waals surface area contributed by atoms with E-state index in [1.165, 1.54) is 6.33 Å². The van der Waals surface area contributed by atoms with Crippen molar-refractivity contribution in [3.05, 3.63) is 54.1 Å². The summed E-state index contributed by atoms with van der Waals surface area (Å²) in [6.07, 6.45) is 3.23. The second-order valence-electron chi connectivity index (χ2n) is 4.03. The monoisotopic (exact) mass is 275 g/mol. The summed E-state index contributed by atoms with van der Waals surface area (Å²) < 4.78 is 0. The lowest BCUT2D eigenvalue weighted by Crippen LogP contribution is -2.35. The highest BCUT2D eigenvalue weighted by atomic mass is 17.2. The van der Waals surface area contributed by atoms with Crippen LogP contribution in [0.5, 0.6) is 0 Å². The third-order valence-electron chi connectivity index (χ3n) is 2.51. The van der Waals surface area contributed by atoms with E-state index in [1.807, 2.05) is 0 Å². The topological polar surface area (TPSA) is 107 Å². The van der Waals surface area contributed by atoms with Gasteiger partial charge in [-0.15, -0.1) is 0 Å². The zero-order valence-electron chi connectivity index (χ0n) is 10.5. The van der Waals surface area contributed by atoms with Crippen LogP contribution < -0.4 is 5.73 Å². The first kappa shape index (κ1) is 13.8. The number of nitrogens with one attached hydrogen (secondary N) is 1. The lowest BCUT2D eigenvalue weighted by molar-refractivity contribution is -0.235. The molecule has 7 heteroatoms. The number of nitrogens with zero attached hydrogens (tertiary/aromatic N) is 1. The van der Waals surface area contributed by atoms with Crippen LogP contribution >= 0.6 is 0 Å². The molecule has 0 spiro atoms. The van der Waals surface area contributed by atoms with Gasteiger partial charge in [-0.3, -0.25) is 0 Å². The summed E-state index contributed by atoms with van der Waals surface area (Å²) in [4.78, 5) is 38.5. The van der Waals surface area contributed by atoms with E-state index in [-0.39, 0.29) is 12.0 Å². The highest BCUT2D eigenvalue weighted by Crippen LogP contribution is 2.03. The average molecular weight is 275 g/mol. The zero-order chi connectivity index (χ0) is 14.4. The SMILES string of the molecule is NC(Cc1cnc[nH]1)C(=O)OOC(=O)c1ccccc1. The second-order valence-corrected chi connectivity index (χ2v) is 4.03. The first-order valence-electron chi connectivity index (χ1n) is 5.87.